The molecule has 88 valence electrons. The van der Waals surface area contributed by atoms with Gasteiger partial charge in [0.2, 0.25) is 0 Å². The quantitative estimate of drug-likeness (QED) is 0.839. The van der Waals surface area contributed by atoms with E-state index in [0.717, 1.165) is 35.7 Å². The number of benzene rings is 1. The van der Waals surface area contributed by atoms with Gasteiger partial charge in [-0.2, -0.15) is 0 Å². The molecular formula is C12H16O4. The highest BCUT2D eigenvalue weighted by Gasteiger charge is 2.15. The summed E-state index contributed by atoms with van der Waals surface area (Å²) in [6.45, 7) is 1.34. The SMILES string of the molecule is COc1cc2c(cc1CCCO)OCCO2. The first-order chi connectivity index (χ1) is 7.85. The molecule has 0 spiro atoms. The van der Waals surface area contributed by atoms with E-state index in [0.29, 0.717) is 13.2 Å². The summed E-state index contributed by atoms with van der Waals surface area (Å²) >= 11 is 0. The Hall–Kier alpha value is -1.42. The minimum Gasteiger partial charge on any atom is -0.496 e. The van der Waals surface area contributed by atoms with Crippen molar-refractivity contribution in [2.24, 2.45) is 0 Å². The maximum atomic E-state index is 8.83. The zero-order valence-electron chi connectivity index (χ0n) is 9.36. The van der Waals surface area contributed by atoms with Crippen LogP contribution in [0.5, 0.6) is 17.2 Å². The van der Waals surface area contributed by atoms with Crippen LogP contribution in [0.1, 0.15) is 12.0 Å². The van der Waals surface area contributed by atoms with E-state index >= 15 is 0 Å². The zero-order chi connectivity index (χ0) is 11.4. The van der Waals surface area contributed by atoms with E-state index in [4.69, 9.17) is 19.3 Å². The summed E-state index contributed by atoms with van der Waals surface area (Å²) < 4.78 is 16.3. The summed E-state index contributed by atoms with van der Waals surface area (Å²) in [5, 5.41) is 8.83. The predicted octanol–water partition coefficient (Wildman–Crippen LogP) is 1.39. The molecule has 1 aliphatic rings. The van der Waals surface area contributed by atoms with Crippen LogP contribution in [0, 0.1) is 0 Å². The monoisotopic (exact) mass is 224 g/mol. The third-order valence-electron chi connectivity index (χ3n) is 2.55. The lowest BCUT2D eigenvalue weighted by Crippen LogP contribution is -2.15. The molecule has 4 heteroatoms. The molecule has 0 aliphatic carbocycles. The van der Waals surface area contributed by atoms with E-state index in [1.54, 1.807) is 7.11 Å². The maximum absolute atomic E-state index is 8.83. The van der Waals surface area contributed by atoms with Crippen LogP contribution in [-0.4, -0.2) is 32.0 Å². The topological polar surface area (TPSA) is 47.9 Å². The van der Waals surface area contributed by atoms with Gasteiger partial charge in [-0.25, -0.2) is 0 Å². The number of hydrogen-bond acceptors (Lipinski definition) is 4. The van der Waals surface area contributed by atoms with E-state index < -0.39 is 0 Å². The van der Waals surface area contributed by atoms with E-state index in [1.165, 1.54) is 0 Å². The first-order valence-electron chi connectivity index (χ1n) is 5.42. The molecule has 0 fully saturated rings. The molecule has 0 aromatic heterocycles. The normalized spacial score (nSPS) is 13.6. The van der Waals surface area contributed by atoms with E-state index in [-0.39, 0.29) is 6.61 Å². The molecule has 1 aliphatic heterocycles. The Balaban J connectivity index is 2.28. The molecule has 1 heterocycles. The molecule has 16 heavy (non-hydrogen) atoms. The van der Waals surface area contributed by atoms with Gasteiger partial charge >= 0.3 is 0 Å². The summed E-state index contributed by atoms with van der Waals surface area (Å²) in [5.41, 5.74) is 1.04. The summed E-state index contributed by atoms with van der Waals surface area (Å²) in [5.74, 6) is 2.29. The Morgan fingerprint density at radius 1 is 1.25 bits per heavy atom. The minimum atomic E-state index is 0.178. The Labute approximate surface area is 94.8 Å². The van der Waals surface area contributed by atoms with E-state index in [2.05, 4.69) is 0 Å². The van der Waals surface area contributed by atoms with Crippen LogP contribution in [0.2, 0.25) is 0 Å². The predicted molar refractivity (Wildman–Crippen MR) is 59.4 cm³/mol. The second kappa shape index (κ2) is 5.07. The molecular weight excluding hydrogens is 208 g/mol. The number of fused-ring (bicyclic) bond motifs is 1. The van der Waals surface area contributed by atoms with Gasteiger partial charge in [-0.1, -0.05) is 0 Å². The van der Waals surface area contributed by atoms with Crippen molar-refractivity contribution in [3.63, 3.8) is 0 Å². The van der Waals surface area contributed by atoms with Gasteiger partial charge in [0.1, 0.15) is 19.0 Å². The standard InChI is InChI=1S/C12H16O4/c1-14-10-8-12-11(15-5-6-16-12)7-9(10)3-2-4-13/h7-8,13H,2-6H2,1H3. The van der Waals surface area contributed by atoms with Crippen molar-refractivity contribution < 1.29 is 19.3 Å². The molecule has 0 bridgehead atoms. The molecule has 1 aromatic rings. The fourth-order valence-corrected chi connectivity index (χ4v) is 1.77. The van der Waals surface area contributed by atoms with Gasteiger partial charge in [-0.3, -0.25) is 0 Å². The summed E-state index contributed by atoms with van der Waals surface area (Å²) in [6.07, 6.45) is 1.49. The molecule has 1 aromatic carbocycles. The molecule has 0 atom stereocenters. The fourth-order valence-electron chi connectivity index (χ4n) is 1.77. The van der Waals surface area contributed by atoms with E-state index in [9.17, 15) is 0 Å². The van der Waals surface area contributed by atoms with Crippen molar-refractivity contribution in [2.75, 3.05) is 26.9 Å². The van der Waals surface area contributed by atoms with Crippen molar-refractivity contribution in [2.45, 2.75) is 12.8 Å². The van der Waals surface area contributed by atoms with Gasteiger partial charge in [-0.05, 0) is 24.5 Å². The van der Waals surface area contributed by atoms with Gasteiger partial charge in [0.15, 0.2) is 11.5 Å². The van der Waals surface area contributed by atoms with Gasteiger partial charge < -0.3 is 19.3 Å². The second-order valence-corrected chi connectivity index (χ2v) is 3.63. The number of rotatable bonds is 4. The molecule has 0 saturated heterocycles. The van der Waals surface area contributed by atoms with Crippen LogP contribution >= 0.6 is 0 Å². The van der Waals surface area contributed by atoms with Crippen LogP contribution in [0.3, 0.4) is 0 Å². The number of aliphatic hydroxyl groups excluding tert-OH is 1. The number of methoxy groups -OCH3 is 1. The van der Waals surface area contributed by atoms with Gasteiger partial charge in [-0.15, -0.1) is 0 Å². The van der Waals surface area contributed by atoms with Gasteiger partial charge in [0, 0.05) is 12.7 Å². The first kappa shape index (κ1) is 11.1. The smallest absolute Gasteiger partial charge is 0.165 e. The van der Waals surface area contributed by atoms with Crippen molar-refractivity contribution in [1.29, 1.82) is 0 Å². The third kappa shape index (κ3) is 2.22. The fraction of sp³-hybridized carbons (Fsp3) is 0.500. The Bertz CT molecular complexity index is 362. The third-order valence-corrected chi connectivity index (χ3v) is 2.55. The minimum absolute atomic E-state index is 0.178. The zero-order valence-corrected chi connectivity index (χ0v) is 9.36. The first-order valence-corrected chi connectivity index (χ1v) is 5.42. The highest BCUT2D eigenvalue weighted by molar-refractivity contribution is 5.51. The average Bonchev–Trinajstić information content (AvgIpc) is 2.35. The lowest BCUT2D eigenvalue weighted by atomic mass is 10.1. The lowest BCUT2D eigenvalue weighted by Gasteiger charge is -2.20. The molecule has 0 unspecified atom stereocenters. The summed E-state index contributed by atoms with van der Waals surface area (Å²) in [4.78, 5) is 0. The summed E-state index contributed by atoms with van der Waals surface area (Å²) in [7, 11) is 1.63. The molecule has 1 N–H and O–H groups in total. The van der Waals surface area contributed by atoms with Gasteiger partial charge in [0.05, 0.1) is 7.11 Å². The lowest BCUT2D eigenvalue weighted by molar-refractivity contribution is 0.170. The molecule has 2 rings (SSSR count). The number of aliphatic hydroxyl groups is 1. The van der Waals surface area contributed by atoms with Crippen molar-refractivity contribution in [3.05, 3.63) is 17.7 Å². The molecule has 0 saturated carbocycles. The van der Waals surface area contributed by atoms with Gasteiger partial charge in [0.25, 0.3) is 0 Å². The van der Waals surface area contributed by atoms with Crippen LogP contribution in [0.4, 0.5) is 0 Å². The summed E-state index contributed by atoms with van der Waals surface area (Å²) in [6, 6.07) is 3.78. The maximum Gasteiger partial charge on any atom is 0.165 e. The Kier molecular flexibility index (Phi) is 3.51. The molecule has 4 nitrogen and oxygen atoms in total. The van der Waals surface area contributed by atoms with Crippen LogP contribution < -0.4 is 14.2 Å². The number of aryl methyl sites for hydroxylation is 1. The van der Waals surface area contributed by atoms with Crippen LogP contribution in [0.15, 0.2) is 12.1 Å². The number of ether oxygens (including phenoxy) is 3. The highest BCUT2D eigenvalue weighted by Crippen LogP contribution is 2.37. The Morgan fingerprint density at radius 3 is 2.56 bits per heavy atom. The Morgan fingerprint density at radius 2 is 1.94 bits per heavy atom. The largest absolute Gasteiger partial charge is 0.496 e. The van der Waals surface area contributed by atoms with Crippen molar-refractivity contribution >= 4 is 0 Å². The van der Waals surface area contributed by atoms with Crippen molar-refractivity contribution in [1.82, 2.24) is 0 Å². The molecule has 0 radical (unpaired) electrons. The second-order valence-electron chi connectivity index (χ2n) is 3.63. The van der Waals surface area contributed by atoms with Crippen LogP contribution in [0.25, 0.3) is 0 Å². The van der Waals surface area contributed by atoms with Crippen molar-refractivity contribution in [3.8, 4) is 17.2 Å². The highest BCUT2D eigenvalue weighted by atomic mass is 16.6. The number of hydrogen-bond donors (Lipinski definition) is 1. The van der Waals surface area contributed by atoms with E-state index in [1.807, 2.05) is 12.1 Å². The van der Waals surface area contributed by atoms with Crippen LogP contribution in [-0.2, 0) is 6.42 Å². The average molecular weight is 224 g/mol. The molecule has 0 amide bonds.